The molecular formula is C14H19N3OS. The second-order valence-corrected chi connectivity index (χ2v) is 5.38. The number of aromatic nitrogens is 1. The highest BCUT2D eigenvalue weighted by molar-refractivity contribution is 7.09. The maximum absolute atomic E-state index is 5.96. The van der Waals surface area contributed by atoms with Gasteiger partial charge in [0.25, 0.3) is 0 Å². The van der Waals surface area contributed by atoms with Crippen molar-refractivity contribution in [3.05, 3.63) is 39.8 Å². The third-order valence-corrected chi connectivity index (χ3v) is 4.10. The summed E-state index contributed by atoms with van der Waals surface area (Å²) in [4.78, 5) is 4.48. The Kier molecular flexibility index (Phi) is 4.39. The van der Waals surface area contributed by atoms with Gasteiger partial charge in [-0.2, -0.15) is 0 Å². The van der Waals surface area contributed by atoms with Crippen LogP contribution in [0.2, 0.25) is 0 Å². The highest BCUT2D eigenvalue weighted by Gasteiger charge is 2.10. The van der Waals surface area contributed by atoms with Gasteiger partial charge in [-0.15, -0.1) is 11.3 Å². The Morgan fingerprint density at radius 1 is 1.47 bits per heavy atom. The minimum absolute atomic E-state index is 0.212. The number of nitrogens with two attached hydrogens (primary N) is 1. The number of aryl methyl sites for hydroxylation is 1. The Hall–Kier alpha value is -1.59. The Bertz CT molecular complexity index is 553. The summed E-state index contributed by atoms with van der Waals surface area (Å²) in [5, 5.41) is 6.59. The molecule has 0 aliphatic carbocycles. The molecule has 0 saturated heterocycles. The molecule has 0 saturated carbocycles. The van der Waals surface area contributed by atoms with Gasteiger partial charge in [-0.25, -0.2) is 4.98 Å². The number of hydrogen-bond donors (Lipinski definition) is 2. The van der Waals surface area contributed by atoms with Gasteiger partial charge in [0.2, 0.25) is 0 Å². The number of methoxy groups -OCH3 is 1. The van der Waals surface area contributed by atoms with Crippen LogP contribution in [-0.2, 0) is 6.54 Å². The van der Waals surface area contributed by atoms with Crippen molar-refractivity contribution in [1.82, 2.24) is 10.3 Å². The number of nitrogens with zero attached hydrogens (tertiary/aromatic N) is 1. The summed E-state index contributed by atoms with van der Waals surface area (Å²) in [6.07, 6.45) is 0. The van der Waals surface area contributed by atoms with Gasteiger partial charge in [0.15, 0.2) is 0 Å². The van der Waals surface area contributed by atoms with E-state index in [-0.39, 0.29) is 6.04 Å². The van der Waals surface area contributed by atoms with Crippen molar-refractivity contribution in [2.45, 2.75) is 26.4 Å². The van der Waals surface area contributed by atoms with Gasteiger partial charge in [0, 0.05) is 23.3 Å². The number of rotatable bonds is 5. The molecule has 19 heavy (non-hydrogen) atoms. The SMILES string of the molecule is COc1ccc(N)c(CNC(C)c2nc(C)cs2)c1. The molecule has 0 spiro atoms. The summed E-state index contributed by atoms with van der Waals surface area (Å²) in [6, 6.07) is 5.91. The molecule has 0 aliphatic heterocycles. The Labute approximate surface area is 117 Å². The van der Waals surface area contributed by atoms with Gasteiger partial charge in [-0.3, -0.25) is 0 Å². The summed E-state index contributed by atoms with van der Waals surface area (Å²) < 4.78 is 5.21. The van der Waals surface area contributed by atoms with Gasteiger partial charge in [0.05, 0.1) is 13.2 Å². The lowest BCUT2D eigenvalue weighted by Gasteiger charge is -2.13. The van der Waals surface area contributed by atoms with Gasteiger partial charge >= 0.3 is 0 Å². The molecule has 2 rings (SSSR count). The fourth-order valence-corrected chi connectivity index (χ4v) is 2.61. The largest absolute Gasteiger partial charge is 0.497 e. The number of nitrogen functional groups attached to an aromatic ring is 1. The first-order valence-electron chi connectivity index (χ1n) is 6.18. The second-order valence-electron chi connectivity index (χ2n) is 4.49. The lowest BCUT2D eigenvalue weighted by atomic mass is 10.1. The molecule has 1 heterocycles. The minimum atomic E-state index is 0.212. The van der Waals surface area contributed by atoms with E-state index >= 15 is 0 Å². The zero-order valence-electron chi connectivity index (χ0n) is 11.4. The van der Waals surface area contributed by atoms with E-state index in [0.29, 0.717) is 6.54 Å². The maximum atomic E-state index is 5.96. The minimum Gasteiger partial charge on any atom is -0.497 e. The fourth-order valence-electron chi connectivity index (χ4n) is 1.78. The lowest BCUT2D eigenvalue weighted by molar-refractivity contribution is 0.414. The van der Waals surface area contributed by atoms with E-state index in [1.165, 1.54) is 0 Å². The summed E-state index contributed by atoms with van der Waals surface area (Å²) in [7, 11) is 1.66. The van der Waals surface area contributed by atoms with E-state index in [2.05, 4.69) is 22.6 Å². The average molecular weight is 277 g/mol. The van der Waals surface area contributed by atoms with E-state index in [4.69, 9.17) is 10.5 Å². The van der Waals surface area contributed by atoms with Crippen molar-refractivity contribution in [3.8, 4) is 5.75 Å². The molecule has 0 radical (unpaired) electrons. The van der Waals surface area contributed by atoms with Crippen LogP contribution in [0.3, 0.4) is 0 Å². The first-order valence-corrected chi connectivity index (χ1v) is 7.06. The van der Waals surface area contributed by atoms with Crippen LogP contribution in [0.15, 0.2) is 23.6 Å². The number of anilines is 1. The average Bonchev–Trinajstić information content (AvgIpc) is 2.84. The monoisotopic (exact) mass is 277 g/mol. The van der Waals surface area contributed by atoms with E-state index in [1.54, 1.807) is 18.4 Å². The molecule has 4 nitrogen and oxygen atoms in total. The van der Waals surface area contributed by atoms with Crippen LogP contribution in [0.1, 0.15) is 29.2 Å². The molecule has 2 aromatic rings. The summed E-state index contributed by atoms with van der Waals surface area (Å²) in [6.45, 7) is 4.81. The smallest absolute Gasteiger partial charge is 0.119 e. The predicted octanol–water partition coefficient (Wildman–Crippen LogP) is 2.89. The van der Waals surface area contributed by atoms with E-state index < -0.39 is 0 Å². The molecule has 1 unspecified atom stereocenters. The third-order valence-electron chi connectivity index (χ3n) is 2.96. The topological polar surface area (TPSA) is 60.2 Å². The zero-order chi connectivity index (χ0) is 13.8. The standard InChI is InChI=1S/C14H19N3OS/c1-9-8-19-14(17-9)10(2)16-7-11-6-12(18-3)4-5-13(11)15/h4-6,8,10,16H,7,15H2,1-3H3. The third kappa shape index (κ3) is 3.45. The Morgan fingerprint density at radius 2 is 2.26 bits per heavy atom. The van der Waals surface area contributed by atoms with Crippen LogP contribution in [0.25, 0.3) is 0 Å². The van der Waals surface area contributed by atoms with Crippen molar-refractivity contribution >= 4 is 17.0 Å². The molecule has 1 atom stereocenters. The van der Waals surface area contributed by atoms with E-state index in [9.17, 15) is 0 Å². The fraction of sp³-hybridized carbons (Fsp3) is 0.357. The lowest BCUT2D eigenvalue weighted by Crippen LogP contribution is -2.18. The molecular weight excluding hydrogens is 258 g/mol. The molecule has 3 N–H and O–H groups in total. The number of thiazole rings is 1. The first kappa shape index (κ1) is 13.8. The van der Waals surface area contributed by atoms with Gasteiger partial charge in [-0.05, 0) is 37.6 Å². The van der Waals surface area contributed by atoms with Crippen LogP contribution in [0, 0.1) is 6.92 Å². The molecule has 1 aromatic carbocycles. The van der Waals surface area contributed by atoms with Crippen LogP contribution in [0.4, 0.5) is 5.69 Å². The van der Waals surface area contributed by atoms with Gasteiger partial charge < -0.3 is 15.8 Å². The summed E-state index contributed by atoms with van der Waals surface area (Å²) >= 11 is 1.68. The first-order chi connectivity index (χ1) is 9.10. The van der Waals surface area contributed by atoms with Crippen molar-refractivity contribution < 1.29 is 4.74 Å². The molecule has 0 bridgehead atoms. The molecule has 0 aliphatic rings. The van der Waals surface area contributed by atoms with E-state index in [0.717, 1.165) is 27.7 Å². The predicted molar refractivity (Wildman–Crippen MR) is 79.5 cm³/mol. The van der Waals surface area contributed by atoms with Crippen molar-refractivity contribution in [2.24, 2.45) is 0 Å². The van der Waals surface area contributed by atoms with Crippen LogP contribution in [0.5, 0.6) is 5.75 Å². The van der Waals surface area contributed by atoms with Gasteiger partial charge in [-0.1, -0.05) is 0 Å². The highest BCUT2D eigenvalue weighted by atomic mass is 32.1. The quantitative estimate of drug-likeness (QED) is 0.825. The van der Waals surface area contributed by atoms with Crippen molar-refractivity contribution in [1.29, 1.82) is 0 Å². The van der Waals surface area contributed by atoms with Crippen molar-refractivity contribution in [2.75, 3.05) is 12.8 Å². The molecule has 5 heteroatoms. The molecule has 0 amide bonds. The molecule has 102 valence electrons. The number of hydrogen-bond acceptors (Lipinski definition) is 5. The highest BCUT2D eigenvalue weighted by Crippen LogP contribution is 2.22. The Morgan fingerprint density at radius 3 is 2.89 bits per heavy atom. The number of nitrogens with one attached hydrogen (secondary N) is 1. The number of benzene rings is 1. The Balaban J connectivity index is 2.02. The zero-order valence-corrected chi connectivity index (χ0v) is 12.3. The second kappa shape index (κ2) is 6.04. The maximum Gasteiger partial charge on any atom is 0.119 e. The number of ether oxygens (including phenoxy) is 1. The van der Waals surface area contributed by atoms with Gasteiger partial charge in [0.1, 0.15) is 10.8 Å². The van der Waals surface area contributed by atoms with E-state index in [1.807, 2.05) is 25.1 Å². The van der Waals surface area contributed by atoms with Crippen LogP contribution in [-0.4, -0.2) is 12.1 Å². The van der Waals surface area contributed by atoms with Crippen LogP contribution < -0.4 is 15.8 Å². The molecule has 0 fully saturated rings. The summed E-state index contributed by atoms with van der Waals surface area (Å²) in [5.41, 5.74) is 8.84. The van der Waals surface area contributed by atoms with Crippen molar-refractivity contribution in [3.63, 3.8) is 0 Å². The summed E-state index contributed by atoms with van der Waals surface area (Å²) in [5.74, 6) is 0.823. The normalized spacial score (nSPS) is 12.4. The van der Waals surface area contributed by atoms with Crippen LogP contribution >= 0.6 is 11.3 Å². The molecule has 1 aromatic heterocycles.